The molecule has 35 heavy (non-hydrogen) atoms. The number of nitro benzene ring substituents is 1. The first-order valence-corrected chi connectivity index (χ1v) is 12.1. The maximum absolute atomic E-state index is 12.3. The fourth-order valence-corrected chi connectivity index (χ4v) is 3.52. The van der Waals surface area contributed by atoms with Crippen LogP contribution in [0, 0.1) is 10.1 Å². The summed E-state index contributed by atoms with van der Waals surface area (Å²) in [5, 5.41) is 14.8. The highest BCUT2D eigenvalue weighted by molar-refractivity contribution is 7.92. The van der Waals surface area contributed by atoms with Gasteiger partial charge in [-0.3, -0.25) is 19.2 Å². The van der Waals surface area contributed by atoms with E-state index >= 15 is 0 Å². The number of hydrazone groups is 1. The third kappa shape index (κ3) is 9.41. The lowest BCUT2D eigenvalue weighted by molar-refractivity contribution is -0.384. The average molecular weight is 507 g/mol. The van der Waals surface area contributed by atoms with E-state index in [-0.39, 0.29) is 18.0 Å². The number of amides is 1. The number of hydrogen-bond acceptors (Lipinski definition) is 9. The third-order valence-electron chi connectivity index (χ3n) is 4.08. The molecule has 0 aromatic heterocycles. The lowest BCUT2D eigenvalue weighted by Crippen LogP contribution is -2.39. The van der Waals surface area contributed by atoms with Crippen LogP contribution < -0.4 is 14.5 Å². The van der Waals surface area contributed by atoms with Gasteiger partial charge in [-0.25, -0.2) is 18.6 Å². The molecule has 0 spiro atoms. The van der Waals surface area contributed by atoms with E-state index in [0.29, 0.717) is 11.3 Å². The largest absolute Gasteiger partial charge is 0.482 e. The lowest BCUT2D eigenvalue weighted by atomic mass is 10.2. The number of rotatable bonds is 10. The molecular weight excluding hydrogens is 480 g/mol. The molecule has 0 fully saturated rings. The van der Waals surface area contributed by atoms with E-state index in [1.807, 2.05) is 0 Å². The minimum absolute atomic E-state index is 0.0252. The number of nitrogens with one attached hydrogen (secondary N) is 1. The summed E-state index contributed by atoms with van der Waals surface area (Å²) in [6, 6.07) is 11.4. The van der Waals surface area contributed by atoms with Crippen LogP contribution in [-0.4, -0.2) is 56.4 Å². The van der Waals surface area contributed by atoms with Crippen LogP contribution in [0.3, 0.4) is 0 Å². The van der Waals surface area contributed by atoms with E-state index in [1.54, 1.807) is 45.0 Å². The first kappa shape index (κ1) is 27.2. The molecule has 0 unspecified atom stereocenters. The summed E-state index contributed by atoms with van der Waals surface area (Å²) < 4.78 is 35.5. The summed E-state index contributed by atoms with van der Waals surface area (Å²) in [5.74, 6) is -0.826. The number of hydrogen-bond donors (Lipinski definition) is 1. The Balaban J connectivity index is 1.95. The minimum Gasteiger partial charge on any atom is -0.482 e. The second-order valence-corrected chi connectivity index (χ2v) is 10.2. The first-order chi connectivity index (χ1) is 16.2. The van der Waals surface area contributed by atoms with Gasteiger partial charge in [-0.2, -0.15) is 5.10 Å². The van der Waals surface area contributed by atoms with Crippen molar-refractivity contribution in [2.45, 2.75) is 26.4 Å². The molecule has 0 aliphatic heterocycles. The van der Waals surface area contributed by atoms with Crippen LogP contribution >= 0.6 is 0 Å². The van der Waals surface area contributed by atoms with Gasteiger partial charge in [0.15, 0.2) is 6.61 Å². The number of anilines is 1. The Morgan fingerprint density at radius 2 is 1.83 bits per heavy atom. The third-order valence-corrected chi connectivity index (χ3v) is 5.22. The van der Waals surface area contributed by atoms with Crippen LogP contribution in [0.4, 0.5) is 11.4 Å². The highest BCUT2D eigenvalue weighted by atomic mass is 32.2. The van der Waals surface area contributed by atoms with Gasteiger partial charge in [0, 0.05) is 12.1 Å². The van der Waals surface area contributed by atoms with Crippen molar-refractivity contribution in [2.75, 3.05) is 23.7 Å². The van der Waals surface area contributed by atoms with Crippen LogP contribution in [0.5, 0.6) is 5.75 Å². The molecule has 0 heterocycles. The lowest BCUT2D eigenvalue weighted by Gasteiger charge is -2.21. The van der Waals surface area contributed by atoms with Gasteiger partial charge in [-0.1, -0.05) is 6.07 Å². The molecule has 0 bridgehead atoms. The molecule has 0 aliphatic carbocycles. The molecule has 2 rings (SSSR count). The highest BCUT2D eigenvalue weighted by Gasteiger charge is 2.22. The standard InChI is InChI=1S/C22H26N4O8S/c1-22(2,3)34-21(28)15-33-19-10-8-16(9-11-19)13-23-24-20(27)14-25(35(4,31)32)17-6-5-7-18(12-17)26(29)30/h5-13H,14-15H2,1-4H3,(H,24,27). The van der Waals surface area contributed by atoms with Gasteiger partial charge >= 0.3 is 5.97 Å². The van der Waals surface area contributed by atoms with E-state index in [0.717, 1.165) is 16.6 Å². The first-order valence-electron chi connectivity index (χ1n) is 10.2. The van der Waals surface area contributed by atoms with Crippen LogP contribution in [0.15, 0.2) is 53.6 Å². The fourth-order valence-electron chi connectivity index (χ4n) is 2.67. The smallest absolute Gasteiger partial charge is 0.344 e. The van der Waals surface area contributed by atoms with Crippen molar-refractivity contribution in [2.24, 2.45) is 5.10 Å². The number of nitrogens with zero attached hydrogens (tertiary/aromatic N) is 3. The number of ether oxygens (including phenoxy) is 2. The molecule has 1 amide bonds. The van der Waals surface area contributed by atoms with Crippen LogP contribution in [0.2, 0.25) is 0 Å². The summed E-state index contributed by atoms with van der Waals surface area (Å²) in [4.78, 5) is 34.3. The van der Waals surface area contributed by atoms with Crippen molar-refractivity contribution in [3.8, 4) is 5.75 Å². The number of non-ortho nitro benzene ring substituents is 1. The Bertz CT molecular complexity index is 1200. The van der Waals surface area contributed by atoms with Gasteiger partial charge in [0.05, 0.1) is 23.1 Å². The summed E-state index contributed by atoms with van der Waals surface area (Å²) in [5.41, 5.74) is 1.86. The van der Waals surface area contributed by atoms with E-state index in [1.165, 1.54) is 24.4 Å². The topological polar surface area (TPSA) is 158 Å². The SMILES string of the molecule is CC(C)(C)OC(=O)COc1ccc(C=NNC(=O)CN(c2cccc([N+](=O)[O-])c2)S(C)(=O)=O)cc1. The molecule has 0 aliphatic rings. The van der Waals surface area contributed by atoms with Crippen molar-refractivity contribution >= 4 is 39.5 Å². The van der Waals surface area contributed by atoms with E-state index in [2.05, 4.69) is 10.5 Å². The monoisotopic (exact) mass is 506 g/mol. The molecule has 1 N–H and O–H groups in total. The second kappa shape index (κ2) is 11.4. The minimum atomic E-state index is -3.91. The number of benzene rings is 2. The van der Waals surface area contributed by atoms with Gasteiger partial charge in [0.25, 0.3) is 11.6 Å². The van der Waals surface area contributed by atoms with Crippen molar-refractivity contribution < 1.29 is 32.4 Å². The molecule has 12 nitrogen and oxygen atoms in total. The van der Waals surface area contributed by atoms with Gasteiger partial charge in [0.2, 0.25) is 10.0 Å². The number of nitro groups is 1. The second-order valence-electron chi connectivity index (χ2n) is 8.28. The summed E-state index contributed by atoms with van der Waals surface area (Å²) in [7, 11) is -3.91. The van der Waals surface area contributed by atoms with E-state index in [4.69, 9.17) is 9.47 Å². The quantitative estimate of drug-likeness (QED) is 0.222. The Labute approximate surface area is 202 Å². The predicted octanol–water partition coefficient (Wildman–Crippen LogP) is 2.23. The van der Waals surface area contributed by atoms with E-state index < -0.39 is 39.0 Å². The van der Waals surface area contributed by atoms with Crippen molar-refractivity contribution in [3.63, 3.8) is 0 Å². The number of carbonyl (C=O) groups excluding carboxylic acids is 2. The summed E-state index contributed by atoms with van der Waals surface area (Å²) in [6.45, 7) is 4.38. The molecule has 188 valence electrons. The summed E-state index contributed by atoms with van der Waals surface area (Å²) in [6.07, 6.45) is 2.21. The highest BCUT2D eigenvalue weighted by Crippen LogP contribution is 2.23. The molecule has 2 aromatic carbocycles. The number of carbonyl (C=O) groups is 2. The Morgan fingerprint density at radius 3 is 2.40 bits per heavy atom. The van der Waals surface area contributed by atoms with Gasteiger partial charge in [-0.15, -0.1) is 0 Å². The zero-order valence-corrected chi connectivity index (χ0v) is 20.4. The molecule has 13 heteroatoms. The summed E-state index contributed by atoms with van der Waals surface area (Å²) >= 11 is 0. The van der Waals surface area contributed by atoms with Gasteiger partial charge < -0.3 is 9.47 Å². The van der Waals surface area contributed by atoms with Crippen LogP contribution in [0.25, 0.3) is 0 Å². The Morgan fingerprint density at radius 1 is 1.17 bits per heavy atom. The fraction of sp³-hybridized carbons (Fsp3) is 0.318. The zero-order chi connectivity index (χ0) is 26.2. The maximum Gasteiger partial charge on any atom is 0.344 e. The Hall–Kier alpha value is -4.00. The molecular formula is C22H26N4O8S. The van der Waals surface area contributed by atoms with E-state index in [9.17, 15) is 28.1 Å². The van der Waals surface area contributed by atoms with Crippen molar-refractivity contribution in [1.29, 1.82) is 0 Å². The van der Waals surface area contributed by atoms with Crippen molar-refractivity contribution in [1.82, 2.24) is 5.43 Å². The Kier molecular flexibility index (Phi) is 8.89. The van der Waals surface area contributed by atoms with Gasteiger partial charge in [0.1, 0.15) is 17.9 Å². The normalized spacial score (nSPS) is 11.7. The van der Waals surface area contributed by atoms with Crippen LogP contribution in [0.1, 0.15) is 26.3 Å². The zero-order valence-electron chi connectivity index (χ0n) is 19.6. The average Bonchev–Trinajstić information content (AvgIpc) is 2.75. The molecule has 0 atom stereocenters. The molecule has 0 saturated carbocycles. The number of esters is 1. The number of sulfonamides is 1. The van der Waals surface area contributed by atoms with Gasteiger partial charge in [-0.05, 0) is 56.7 Å². The van der Waals surface area contributed by atoms with Crippen LogP contribution in [-0.2, 0) is 24.3 Å². The predicted molar refractivity (Wildman–Crippen MR) is 129 cm³/mol. The van der Waals surface area contributed by atoms with Crippen molar-refractivity contribution in [3.05, 3.63) is 64.2 Å². The molecule has 0 radical (unpaired) electrons. The molecule has 2 aromatic rings. The maximum atomic E-state index is 12.3. The molecule has 0 saturated heterocycles.